The third-order valence-corrected chi connectivity index (χ3v) is 2.63. The summed E-state index contributed by atoms with van der Waals surface area (Å²) in [6.07, 6.45) is 1.14. The van der Waals surface area contributed by atoms with Gasteiger partial charge in [-0.25, -0.2) is 0 Å². The number of nitrogens with two attached hydrogens (primary N) is 1. The fourth-order valence-electron chi connectivity index (χ4n) is 1.48. The largest absolute Gasteiger partial charge is 0.398 e. The zero-order valence-electron chi connectivity index (χ0n) is 10.4. The Morgan fingerprint density at radius 1 is 1.53 bits per heavy atom. The highest BCUT2D eigenvalue weighted by Gasteiger charge is 2.06. The summed E-state index contributed by atoms with van der Waals surface area (Å²) in [6.45, 7) is 4.21. The third kappa shape index (κ3) is 4.44. The van der Waals surface area contributed by atoms with Gasteiger partial charge in [0.1, 0.15) is 0 Å². The topological polar surface area (TPSA) is 75.3 Å². The normalized spacial score (nSPS) is 12.2. The van der Waals surface area contributed by atoms with Crippen molar-refractivity contribution in [1.82, 2.24) is 5.32 Å². The highest BCUT2D eigenvalue weighted by atomic mass is 16.3. The molecule has 0 saturated heterocycles. The molecule has 0 fully saturated rings. The summed E-state index contributed by atoms with van der Waals surface area (Å²) in [6, 6.07) is 5.27. The van der Waals surface area contributed by atoms with Crippen molar-refractivity contribution in [3.63, 3.8) is 0 Å². The van der Waals surface area contributed by atoms with Crippen molar-refractivity contribution in [3.05, 3.63) is 29.3 Å². The third-order valence-electron chi connectivity index (χ3n) is 2.63. The molecule has 0 aliphatic rings. The van der Waals surface area contributed by atoms with Crippen LogP contribution in [0.3, 0.4) is 0 Å². The molecule has 1 rings (SSSR count). The van der Waals surface area contributed by atoms with E-state index in [2.05, 4.69) is 5.32 Å². The van der Waals surface area contributed by atoms with Gasteiger partial charge in [0.05, 0.1) is 6.10 Å². The van der Waals surface area contributed by atoms with Gasteiger partial charge in [-0.15, -0.1) is 0 Å². The molecule has 4 N–H and O–H groups in total. The molecule has 0 bridgehead atoms. The molecule has 0 aromatic heterocycles. The van der Waals surface area contributed by atoms with Crippen molar-refractivity contribution in [2.24, 2.45) is 0 Å². The number of nitrogens with one attached hydrogen (secondary N) is 1. The molecule has 4 nitrogen and oxygen atoms in total. The number of hydrogen-bond donors (Lipinski definition) is 3. The van der Waals surface area contributed by atoms with Crippen molar-refractivity contribution < 1.29 is 9.90 Å². The van der Waals surface area contributed by atoms with Crippen LogP contribution in [0.5, 0.6) is 0 Å². The molecule has 1 atom stereocenters. The van der Waals surface area contributed by atoms with Gasteiger partial charge in [0.25, 0.3) is 5.91 Å². The van der Waals surface area contributed by atoms with Crippen molar-refractivity contribution >= 4 is 11.6 Å². The summed E-state index contributed by atoms with van der Waals surface area (Å²) in [4.78, 5) is 11.7. The van der Waals surface area contributed by atoms with Crippen molar-refractivity contribution in [2.45, 2.75) is 32.8 Å². The van der Waals surface area contributed by atoms with E-state index in [1.165, 1.54) is 0 Å². The summed E-state index contributed by atoms with van der Waals surface area (Å²) in [5.74, 6) is -0.123. The molecule has 0 saturated carbocycles. The molecule has 0 radical (unpaired) electrons. The number of nitrogen functional groups attached to an aromatic ring is 1. The van der Waals surface area contributed by atoms with Crippen LogP contribution in [-0.4, -0.2) is 23.7 Å². The van der Waals surface area contributed by atoms with Crippen LogP contribution in [0.25, 0.3) is 0 Å². The number of aliphatic hydroxyl groups excluding tert-OH is 1. The molecule has 1 amide bonds. The molecular weight excluding hydrogens is 216 g/mol. The monoisotopic (exact) mass is 236 g/mol. The number of anilines is 1. The summed E-state index contributed by atoms with van der Waals surface area (Å²) in [5, 5.41) is 11.9. The Morgan fingerprint density at radius 3 is 2.82 bits per heavy atom. The lowest BCUT2D eigenvalue weighted by molar-refractivity contribution is 0.0949. The lowest BCUT2D eigenvalue weighted by atomic mass is 10.1. The van der Waals surface area contributed by atoms with Crippen LogP contribution in [0, 0.1) is 6.92 Å². The second-order valence-electron chi connectivity index (χ2n) is 4.32. The standard InChI is InChI=1S/C13H20N2O2/c1-9-5-6-11(8-12(9)14)13(17)15-7-3-4-10(2)16/h5-6,8,10,16H,3-4,7,14H2,1-2H3,(H,15,17). The number of carbonyl (C=O) groups is 1. The number of carbonyl (C=O) groups excluding carboxylic acids is 1. The van der Waals surface area contributed by atoms with E-state index in [-0.39, 0.29) is 12.0 Å². The Kier molecular flexibility index (Phi) is 4.97. The van der Waals surface area contributed by atoms with Crippen LogP contribution in [-0.2, 0) is 0 Å². The van der Waals surface area contributed by atoms with Crippen LogP contribution < -0.4 is 11.1 Å². The van der Waals surface area contributed by atoms with Gasteiger partial charge in [0, 0.05) is 17.8 Å². The first-order valence-corrected chi connectivity index (χ1v) is 5.83. The Hall–Kier alpha value is -1.55. The minimum Gasteiger partial charge on any atom is -0.398 e. The summed E-state index contributed by atoms with van der Waals surface area (Å²) < 4.78 is 0. The van der Waals surface area contributed by atoms with Gasteiger partial charge >= 0.3 is 0 Å². The number of benzene rings is 1. The molecular formula is C13H20N2O2. The first kappa shape index (κ1) is 13.5. The van der Waals surface area contributed by atoms with Crippen LogP contribution >= 0.6 is 0 Å². The molecule has 0 aliphatic carbocycles. The molecule has 4 heteroatoms. The Bertz CT molecular complexity index is 389. The molecule has 17 heavy (non-hydrogen) atoms. The van der Waals surface area contributed by atoms with E-state index in [4.69, 9.17) is 10.8 Å². The SMILES string of the molecule is Cc1ccc(C(=O)NCCCC(C)O)cc1N. The average Bonchev–Trinajstić information content (AvgIpc) is 2.27. The molecule has 1 aromatic carbocycles. The van der Waals surface area contributed by atoms with Crippen molar-refractivity contribution in [2.75, 3.05) is 12.3 Å². The molecule has 0 heterocycles. The first-order valence-electron chi connectivity index (χ1n) is 5.83. The van der Waals surface area contributed by atoms with Gasteiger partial charge < -0.3 is 16.2 Å². The Morgan fingerprint density at radius 2 is 2.24 bits per heavy atom. The minimum atomic E-state index is -0.318. The summed E-state index contributed by atoms with van der Waals surface area (Å²) in [5.41, 5.74) is 7.91. The predicted molar refractivity (Wildman–Crippen MR) is 68.8 cm³/mol. The van der Waals surface area contributed by atoms with Crippen molar-refractivity contribution in [3.8, 4) is 0 Å². The average molecular weight is 236 g/mol. The van der Waals surface area contributed by atoms with Gasteiger partial charge in [-0.3, -0.25) is 4.79 Å². The lowest BCUT2D eigenvalue weighted by Gasteiger charge is -2.08. The number of hydrogen-bond acceptors (Lipinski definition) is 3. The first-order chi connectivity index (χ1) is 8.00. The van der Waals surface area contributed by atoms with E-state index in [9.17, 15) is 4.79 Å². The second-order valence-corrected chi connectivity index (χ2v) is 4.32. The van der Waals surface area contributed by atoms with Gasteiger partial charge in [-0.05, 0) is 44.4 Å². The minimum absolute atomic E-state index is 0.123. The highest BCUT2D eigenvalue weighted by Crippen LogP contribution is 2.12. The van der Waals surface area contributed by atoms with Crippen LogP contribution in [0.15, 0.2) is 18.2 Å². The maximum atomic E-state index is 11.7. The summed E-state index contributed by atoms with van der Waals surface area (Å²) >= 11 is 0. The van der Waals surface area contributed by atoms with E-state index in [1.807, 2.05) is 13.0 Å². The summed E-state index contributed by atoms with van der Waals surface area (Å²) in [7, 11) is 0. The smallest absolute Gasteiger partial charge is 0.251 e. The van der Waals surface area contributed by atoms with Crippen LogP contribution in [0.4, 0.5) is 5.69 Å². The van der Waals surface area contributed by atoms with Gasteiger partial charge in [-0.1, -0.05) is 6.07 Å². The van der Waals surface area contributed by atoms with Gasteiger partial charge in [0.2, 0.25) is 0 Å². The van der Waals surface area contributed by atoms with E-state index in [0.717, 1.165) is 12.0 Å². The lowest BCUT2D eigenvalue weighted by Crippen LogP contribution is -2.25. The van der Waals surface area contributed by atoms with Gasteiger partial charge in [-0.2, -0.15) is 0 Å². The van der Waals surface area contributed by atoms with Crippen LogP contribution in [0.2, 0.25) is 0 Å². The number of amides is 1. The van der Waals surface area contributed by atoms with E-state index < -0.39 is 0 Å². The fourth-order valence-corrected chi connectivity index (χ4v) is 1.48. The zero-order valence-corrected chi connectivity index (χ0v) is 10.4. The van der Waals surface area contributed by atoms with E-state index >= 15 is 0 Å². The van der Waals surface area contributed by atoms with Crippen LogP contribution in [0.1, 0.15) is 35.7 Å². The van der Waals surface area contributed by atoms with Gasteiger partial charge in [0.15, 0.2) is 0 Å². The molecule has 0 aliphatic heterocycles. The molecule has 94 valence electrons. The molecule has 1 unspecified atom stereocenters. The number of aliphatic hydroxyl groups is 1. The number of rotatable bonds is 5. The van der Waals surface area contributed by atoms with E-state index in [1.54, 1.807) is 19.1 Å². The molecule has 0 spiro atoms. The van der Waals surface area contributed by atoms with E-state index in [0.29, 0.717) is 24.2 Å². The predicted octanol–water partition coefficient (Wildman–Crippen LogP) is 1.47. The maximum Gasteiger partial charge on any atom is 0.251 e. The Labute approximate surface area is 102 Å². The fraction of sp³-hybridized carbons (Fsp3) is 0.462. The highest BCUT2D eigenvalue weighted by molar-refractivity contribution is 5.95. The van der Waals surface area contributed by atoms with Crippen molar-refractivity contribution in [1.29, 1.82) is 0 Å². The number of aryl methyl sites for hydroxylation is 1. The molecule has 1 aromatic rings. The maximum absolute atomic E-state index is 11.7. The second kappa shape index (κ2) is 6.25. The zero-order chi connectivity index (χ0) is 12.8. The quantitative estimate of drug-likeness (QED) is 0.535. The Balaban J connectivity index is 2.44.